The number of nitrogens with zero attached hydrogens (tertiary/aromatic N) is 1. The molecule has 1 fully saturated rings. The summed E-state index contributed by atoms with van der Waals surface area (Å²) in [7, 11) is -4.49. The molecule has 7 nitrogen and oxygen atoms in total. The molecule has 0 spiro atoms. The summed E-state index contributed by atoms with van der Waals surface area (Å²) < 4.78 is 37.5. The fourth-order valence-corrected chi connectivity index (χ4v) is 8.01. The van der Waals surface area contributed by atoms with Crippen LogP contribution in [0.1, 0.15) is 54.0 Å². The number of quaternary nitrogens is 1. The number of piperidine rings is 1. The maximum absolute atomic E-state index is 12.9. The molecule has 0 radical (unpaired) electrons. The van der Waals surface area contributed by atoms with E-state index in [1.807, 2.05) is 72.8 Å². The van der Waals surface area contributed by atoms with Gasteiger partial charge in [0, 0.05) is 17.9 Å². The summed E-state index contributed by atoms with van der Waals surface area (Å²) in [5, 5.41) is 0. The van der Waals surface area contributed by atoms with Gasteiger partial charge in [0.2, 0.25) is 0 Å². The Bertz CT molecular complexity index is 1600. The van der Waals surface area contributed by atoms with E-state index >= 15 is 0 Å². The summed E-state index contributed by atoms with van der Waals surface area (Å²) >= 11 is 0. The number of hydrogen-bond donors (Lipinski definition) is 0. The largest absolute Gasteiger partial charge is 0.756 e. The third-order valence-electron chi connectivity index (χ3n) is 9.48. The Kier molecular flexibility index (Phi) is 10.6. The quantitative estimate of drug-likeness (QED) is 0.104. The molecular weight excluding hydrogens is 597 g/mol. The van der Waals surface area contributed by atoms with Crippen LogP contribution in [0.2, 0.25) is 0 Å². The summed E-state index contributed by atoms with van der Waals surface area (Å²) in [5.74, 6) is 1.95. The van der Waals surface area contributed by atoms with E-state index in [-0.39, 0.29) is 19.4 Å². The van der Waals surface area contributed by atoms with Crippen molar-refractivity contribution in [3.05, 3.63) is 131 Å². The molecule has 4 atom stereocenters. The average Bonchev–Trinajstić information content (AvgIpc) is 3.09. The van der Waals surface area contributed by atoms with Crippen LogP contribution in [-0.2, 0) is 46.3 Å². The van der Waals surface area contributed by atoms with Gasteiger partial charge in [-0.2, -0.15) is 0 Å². The molecule has 1 aliphatic heterocycles. The van der Waals surface area contributed by atoms with Crippen molar-refractivity contribution in [2.75, 3.05) is 19.8 Å². The summed E-state index contributed by atoms with van der Waals surface area (Å²) in [5.41, 5.74) is 5.45. The molecular formula is C38H44NO6P. The SMILES string of the molecule is CCC[N@+]1(COP(=O)([O-])OCc2ccccc2)CCC[C@@H]2Cc3c(ccc(OCc4ccccc4)c3OCc3ccccc3)C[C@H]21. The molecule has 2 aliphatic rings. The third-order valence-corrected chi connectivity index (χ3v) is 10.4. The fourth-order valence-electron chi connectivity index (χ4n) is 7.26. The predicted molar refractivity (Wildman–Crippen MR) is 177 cm³/mol. The first-order valence-corrected chi connectivity index (χ1v) is 17.9. The van der Waals surface area contributed by atoms with Crippen molar-refractivity contribution in [1.82, 2.24) is 0 Å². The minimum absolute atomic E-state index is 0.0325. The predicted octanol–water partition coefficient (Wildman–Crippen LogP) is 7.61. The third kappa shape index (κ3) is 7.91. The Morgan fingerprint density at radius 2 is 1.37 bits per heavy atom. The van der Waals surface area contributed by atoms with Crippen molar-refractivity contribution in [3.8, 4) is 11.5 Å². The van der Waals surface area contributed by atoms with Crippen molar-refractivity contribution >= 4 is 7.82 Å². The average molecular weight is 642 g/mol. The molecule has 6 rings (SSSR count). The van der Waals surface area contributed by atoms with E-state index in [2.05, 4.69) is 37.3 Å². The second kappa shape index (κ2) is 15.0. The Balaban J connectivity index is 1.23. The first-order valence-electron chi connectivity index (χ1n) is 16.4. The smallest absolute Gasteiger partial charge is 0.272 e. The molecule has 1 aliphatic carbocycles. The van der Waals surface area contributed by atoms with Crippen LogP contribution in [0.15, 0.2) is 103 Å². The topological polar surface area (TPSA) is 77.1 Å². The molecule has 1 unspecified atom stereocenters. The lowest BCUT2D eigenvalue weighted by molar-refractivity contribution is -0.973. The van der Waals surface area contributed by atoms with Crippen molar-refractivity contribution in [2.24, 2.45) is 5.92 Å². The lowest BCUT2D eigenvalue weighted by Gasteiger charge is -2.53. The van der Waals surface area contributed by atoms with Gasteiger partial charge >= 0.3 is 0 Å². The first-order chi connectivity index (χ1) is 22.4. The highest BCUT2D eigenvalue weighted by molar-refractivity contribution is 7.45. The summed E-state index contributed by atoms with van der Waals surface area (Å²) in [6, 6.07) is 34.2. The van der Waals surface area contributed by atoms with Gasteiger partial charge in [-0.25, -0.2) is 0 Å². The zero-order valence-electron chi connectivity index (χ0n) is 26.6. The highest BCUT2D eigenvalue weighted by atomic mass is 31.2. The second-order valence-corrected chi connectivity index (χ2v) is 14.0. The maximum Gasteiger partial charge on any atom is 0.272 e. The number of hydrogen-bond acceptors (Lipinski definition) is 6. The van der Waals surface area contributed by atoms with Gasteiger partial charge in [0.25, 0.3) is 7.82 Å². The molecule has 0 aromatic heterocycles. The van der Waals surface area contributed by atoms with Crippen LogP contribution < -0.4 is 14.4 Å². The van der Waals surface area contributed by atoms with Crippen LogP contribution in [0, 0.1) is 5.92 Å². The van der Waals surface area contributed by atoms with Gasteiger partial charge in [0.1, 0.15) is 13.2 Å². The molecule has 1 saturated heterocycles. The number of ether oxygens (including phenoxy) is 2. The lowest BCUT2D eigenvalue weighted by atomic mass is 9.73. The van der Waals surface area contributed by atoms with Gasteiger partial charge in [-0.1, -0.05) is 104 Å². The van der Waals surface area contributed by atoms with Crippen LogP contribution in [0.25, 0.3) is 0 Å². The van der Waals surface area contributed by atoms with Crippen LogP contribution in [0.3, 0.4) is 0 Å². The molecule has 46 heavy (non-hydrogen) atoms. The Morgan fingerprint density at radius 1 is 0.761 bits per heavy atom. The summed E-state index contributed by atoms with van der Waals surface area (Å²) in [4.78, 5) is 12.9. The van der Waals surface area contributed by atoms with E-state index in [1.165, 1.54) is 11.1 Å². The van der Waals surface area contributed by atoms with Crippen molar-refractivity contribution < 1.29 is 32.5 Å². The highest BCUT2D eigenvalue weighted by Crippen LogP contribution is 2.47. The number of rotatable bonds is 14. The van der Waals surface area contributed by atoms with Gasteiger partial charge in [-0.15, -0.1) is 0 Å². The van der Waals surface area contributed by atoms with Gasteiger partial charge in [0.05, 0.1) is 25.7 Å². The van der Waals surface area contributed by atoms with Gasteiger partial charge in [-0.3, -0.25) is 13.6 Å². The molecule has 4 aromatic rings. The van der Waals surface area contributed by atoms with E-state index in [1.54, 1.807) is 0 Å². The number of phosphoric acid groups is 1. The lowest BCUT2D eigenvalue weighted by Crippen LogP contribution is -2.64. The van der Waals surface area contributed by atoms with Gasteiger partial charge in [-0.05, 0) is 54.0 Å². The maximum atomic E-state index is 12.9. The van der Waals surface area contributed by atoms with Crippen molar-refractivity contribution in [3.63, 3.8) is 0 Å². The molecule has 4 aromatic carbocycles. The number of fused-ring (bicyclic) bond motifs is 2. The van der Waals surface area contributed by atoms with E-state index in [0.717, 1.165) is 73.4 Å². The summed E-state index contributed by atoms with van der Waals surface area (Å²) in [6.07, 6.45) is 4.72. The second-order valence-electron chi connectivity index (χ2n) is 12.6. The van der Waals surface area contributed by atoms with Crippen molar-refractivity contribution in [2.45, 2.75) is 64.9 Å². The van der Waals surface area contributed by atoms with E-state index in [9.17, 15) is 9.46 Å². The summed E-state index contributed by atoms with van der Waals surface area (Å²) in [6.45, 7) is 4.88. The van der Waals surface area contributed by atoms with Crippen LogP contribution in [-0.4, -0.2) is 30.3 Å². The van der Waals surface area contributed by atoms with Crippen LogP contribution in [0.4, 0.5) is 0 Å². The molecule has 8 heteroatoms. The van der Waals surface area contributed by atoms with E-state index in [0.29, 0.717) is 23.6 Å². The number of phosphoric ester groups is 1. The Hall–Kier alpha value is -3.45. The number of likely N-dealkylation sites (tertiary alicyclic amines) is 1. The standard InChI is InChI=1S/C38H44NO6P/c1-2-22-39(29-45-46(40,41)44-28-32-17-10-5-11-18-32)23-12-19-34-24-35-33(25-36(34)39)20-21-37(42-26-30-13-6-3-7-14-30)38(35)43-27-31-15-8-4-9-16-31/h3-11,13-18,20-21,34,36H,2,12,19,22-29H2,1H3/t34-,36-,39-/m1/s1. The van der Waals surface area contributed by atoms with Crippen molar-refractivity contribution in [1.29, 1.82) is 0 Å². The normalized spacial score (nSPS) is 21.9. The van der Waals surface area contributed by atoms with Crippen LogP contribution in [0.5, 0.6) is 11.5 Å². The minimum atomic E-state index is -4.49. The van der Waals surface area contributed by atoms with E-state index < -0.39 is 7.82 Å². The Morgan fingerprint density at radius 3 is 2.00 bits per heavy atom. The Labute approximate surface area is 272 Å². The highest BCUT2D eigenvalue weighted by Gasteiger charge is 2.48. The zero-order chi connectivity index (χ0) is 31.8. The molecule has 0 saturated carbocycles. The fraction of sp³-hybridized carbons (Fsp3) is 0.368. The van der Waals surface area contributed by atoms with Gasteiger partial charge in [0.15, 0.2) is 18.2 Å². The first kappa shape index (κ1) is 32.5. The zero-order valence-corrected chi connectivity index (χ0v) is 27.5. The molecule has 0 bridgehead atoms. The van der Waals surface area contributed by atoms with Crippen LogP contribution >= 0.6 is 7.82 Å². The monoisotopic (exact) mass is 641 g/mol. The number of benzene rings is 4. The van der Waals surface area contributed by atoms with E-state index in [4.69, 9.17) is 18.5 Å². The molecule has 1 heterocycles. The minimum Gasteiger partial charge on any atom is -0.756 e. The van der Waals surface area contributed by atoms with Gasteiger partial charge < -0.3 is 18.9 Å². The molecule has 0 amide bonds. The molecule has 0 N–H and O–H groups in total. The molecule has 242 valence electrons.